The van der Waals surface area contributed by atoms with Crippen LogP contribution < -0.4 is 0 Å². The molecule has 7 heteroatoms. The molecular weight excluding hydrogens is 448 g/mol. The molecular formula is C22H23BrN4OS. The summed E-state index contributed by atoms with van der Waals surface area (Å²) in [5, 5.41) is 9.77. The van der Waals surface area contributed by atoms with Crippen LogP contribution in [0.15, 0.2) is 40.0 Å². The van der Waals surface area contributed by atoms with E-state index in [2.05, 4.69) is 47.4 Å². The Morgan fingerprint density at radius 2 is 1.97 bits per heavy atom. The second-order valence-corrected chi connectivity index (χ2v) is 9.89. The van der Waals surface area contributed by atoms with Gasteiger partial charge in [-0.2, -0.15) is 0 Å². The minimum atomic E-state index is 0.141. The average Bonchev–Trinajstić information content (AvgIpc) is 3.62. The summed E-state index contributed by atoms with van der Waals surface area (Å²) in [5.74, 6) is 2.24. The number of aromatic nitrogens is 4. The van der Waals surface area contributed by atoms with Gasteiger partial charge in [0.1, 0.15) is 5.82 Å². The Bertz CT molecular complexity index is 1090. The molecule has 2 aliphatic rings. The van der Waals surface area contributed by atoms with Crippen molar-refractivity contribution in [3.63, 3.8) is 0 Å². The van der Waals surface area contributed by atoms with E-state index in [0.717, 1.165) is 38.1 Å². The fourth-order valence-corrected chi connectivity index (χ4v) is 5.23. The minimum Gasteiger partial charge on any atom is -0.318 e. The summed E-state index contributed by atoms with van der Waals surface area (Å²) in [6.07, 6.45) is 4.84. The zero-order valence-corrected chi connectivity index (χ0v) is 19.0. The van der Waals surface area contributed by atoms with Crippen molar-refractivity contribution in [3.05, 3.63) is 57.6 Å². The quantitative estimate of drug-likeness (QED) is 0.331. The molecule has 2 saturated carbocycles. The Morgan fingerprint density at radius 1 is 1.17 bits per heavy atom. The summed E-state index contributed by atoms with van der Waals surface area (Å²) < 4.78 is 5.47. The number of ketones is 1. The minimum absolute atomic E-state index is 0.141. The molecule has 0 spiro atoms. The highest BCUT2D eigenvalue weighted by atomic mass is 79.9. The number of carbonyl (C=O) groups excluding carboxylic acids is 1. The largest absolute Gasteiger partial charge is 0.318 e. The Labute approximate surface area is 183 Å². The summed E-state index contributed by atoms with van der Waals surface area (Å²) >= 11 is 5.07. The molecule has 0 saturated heterocycles. The van der Waals surface area contributed by atoms with Crippen molar-refractivity contribution < 1.29 is 4.79 Å². The van der Waals surface area contributed by atoms with Crippen molar-refractivity contribution in [2.75, 3.05) is 5.75 Å². The second kappa shape index (κ2) is 7.43. The van der Waals surface area contributed by atoms with Crippen LogP contribution in [-0.2, 0) is 0 Å². The SMILES string of the molecule is Cc1cc(C(=O)CSc2nnc(C3CC3)n2C2CC2)c(C)n1-c1cccc(Br)c1. The van der Waals surface area contributed by atoms with Crippen LogP contribution in [-0.4, -0.2) is 30.9 Å². The van der Waals surface area contributed by atoms with Gasteiger partial charge in [-0.05, 0) is 63.8 Å². The summed E-state index contributed by atoms with van der Waals surface area (Å²) in [5.41, 5.74) is 3.89. The maximum Gasteiger partial charge on any atom is 0.191 e. The maximum absolute atomic E-state index is 13.1. The van der Waals surface area contributed by atoms with E-state index >= 15 is 0 Å². The predicted octanol–water partition coefficient (Wildman–Crippen LogP) is 5.64. The summed E-state index contributed by atoms with van der Waals surface area (Å²) in [7, 11) is 0. The highest BCUT2D eigenvalue weighted by Crippen LogP contribution is 2.46. The summed E-state index contributed by atoms with van der Waals surface area (Å²) in [6.45, 7) is 4.06. The summed E-state index contributed by atoms with van der Waals surface area (Å²) in [4.78, 5) is 13.1. The van der Waals surface area contributed by atoms with Gasteiger partial charge < -0.3 is 9.13 Å². The van der Waals surface area contributed by atoms with E-state index in [1.165, 1.54) is 37.4 Å². The molecule has 5 rings (SSSR count). The number of Topliss-reactive ketones (excluding diaryl/α,β-unsaturated/α-hetero) is 1. The van der Waals surface area contributed by atoms with E-state index in [1.807, 2.05) is 32.0 Å². The van der Waals surface area contributed by atoms with Crippen LogP contribution in [0.5, 0.6) is 0 Å². The third-order valence-electron chi connectivity index (χ3n) is 5.68. The number of thioether (sulfide) groups is 1. The molecule has 2 heterocycles. The lowest BCUT2D eigenvalue weighted by atomic mass is 10.2. The fourth-order valence-electron chi connectivity index (χ4n) is 3.95. The number of benzene rings is 1. The molecule has 1 aromatic carbocycles. The first kappa shape index (κ1) is 19.1. The van der Waals surface area contributed by atoms with Crippen LogP contribution in [0.4, 0.5) is 0 Å². The number of rotatable bonds is 7. The average molecular weight is 471 g/mol. The highest BCUT2D eigenvalue weighted by Gasteiger charge is 2.36. The Hall–Kier alpha value is -1.86. The third kappa shape index (κ3) is 3.70. The molecule has 2 aromatic heterocycles. The number of aryl methyl sites for hydroxylation is 1. The second-order valence-electron chi connectivity index (χ2n) is 8.03. The molecule has 0 radical (unpaired) electrons. The summed E-state index contributed by atoms with van der Waals surface area (Å²) in [6, 6.07) is 10.7. The van der Waals surface area contributed by atoms with Gasteiger partial charge in [0.2, 0.25) is 0 Å². The van der Waals surface area contributed by atoms with Crippen LogP contribution in [0.1, 0.15) is 65.2 Å². The van der Waals surface area contributed by atoms with Gasteiger partial charge >= 0.3 is 0 Å². The molecule has 0 amide bonds. The molecule has 0 bridgehead atoms. The van der Waals surface area contributed by atoms with Gasteiger partial charge in [-0.3, -0.25) is 4.79 Å². The molecule has 150 valence electrons. The smallest absolute Gasteiger partial charge is 0.191 e. The molecule has 0 atom stereocenters. The van der Waals surface area contributed by atoms with Crippen molar-refractivity contribution >= 4 is 33.5 Å². The lowest BCUT2D eigenvalue weighted by Crippen LogP contribution is -2.07. The van der Waals surface area contributed by atoms with Gasteiger partial charge in [-0.25, -0.2) is 0 Å². The van der Waals surface area contributed by atoms with E-state index in [4.69, 9.17) is 0 Å². The molecule has 0 unspecified atom stereocenters. The van der Waals surface area contributed by atoms with E-state index < -0.39 is 0 Å². The van der Waals surface area contributed by atoms with E-state index in [1.54, 1.807) is 0 Å². The molecule has 29 heavy (non-hydrogen) atoms. The monoisotopic (exact) mass is 470 g/mol. The first-order chi connectivity index (χ1) is 14.0. The van der Waals surface area contributed by atoms with Crippen molar-refractivity contribution in [1.29, 1.82) is 0 Å². The zero-order chi connectivity index (χ0) is 20.1. The van der Waals surface area contributed by atoms with Crippen LogP contribution in [0.25, 0.3) is 5.69 Å². The number of hydrogen-bond donors (Lipinski definition) is 0. The highest BCUT2D eigenvalue weighted by molar-refractivity contribution is 9.10. The van der Waals surface area contributed by atoms with Gasteiger partial charge in [-0.15, -0.1) is 10.2 Å². The van der Waals surface area contributed by atoms with Crippen LogP contribution >= 0.6 is 27.7 Å². The van der Waals surface area contributed by atoms with Crippen molar-refractivity contribution in [3.8, 4) is 5.69 Å². The number of hydrogen-bond acceptors (Lipinski definition) is 4. The van der Waals surface area contributed by atoms with Crippen molar-refractivity contribution in [1.82, 2.24) is 19.3 Å². The number of nitrogens with zero attached hydrogens (tertiary/aromatic N) is 4. The third-order valence-corrected chi connectivity index (χ3v) is 7.11. The molecule has 0 N–H and O–H groups in total. The zero-order valence-electron chi connectivity index (χ0n) is 16.6. The number of halogens is 1. The predicted molar refractivity (Wildman–Crippen MR) is 118 cm³/mol. The van der Waals surface area contributed by atoms with Gasteiger partial charge in [0, 0.05) is 39.1 Å². The first-order valence-corrected chi connectivity index (χ1v) is 11.9. The van der Waals surface area contributed by atoms with E-state index in [9.17, 15) is 4.79 Å². The molecule has 0 aliphatic heterocycles. The van der Waals surface area contributed by atoms with Crippen molar-refractivity contribution in [2.24, 2.45) is 0 Å². The van der Waals surface area contributed by atoms with E-state index in [-0.39, 0.29) is 5.78 Å². The molecule has 2 aliphatic carbocycles. The van der Waals surface area contributed by atoms with Crippen molar-refractivity contribution in [2.45, 2.75) is 56.6 Å². The molecule has 2 fully saturated rings. The van der Waals surface area contributed by atoms with Crippen LogP contribution in [0.3, 0.4) is 0 Å². The van der Waals surface area contributed by atoms with Gasteiger partial charge in [-0.1, -0.05) is 33.8 Å². The maximum atomic E-state index is 13.1. The van der Waals surface area contributed by atoms with Gasteiger partial charge in [0.25, 0.3) is 0 Å². The first-order valence-electron chi connectivity index (χ1n) is 10.1. The van der Waals surface area contributed by atoms with E-state index in [0.29, 0.717) is 17.7 Å². The number of carbonyl (C=O) groups is 1. The Kier molecular flexibility index (Phi) is 4.90. The van der Waals surface area contributed by atoms with Gasteiger partial charge in [0.15, 0.2) is 10.9 Å². The van der Waals surface area contributed by atoms with Gasteiger partial charge in [0.05, 0.1) is 5.75 Å². The van der Waals surface area contributed by atoms with Crippen LogP contribution in [0, 0.1) is 13.8 Å². The topological polar surface area (TPSA) is 52.7 Å². The Morgan fingerprint density at radius 3 is 2.66 bits per heavy atom. The Balaban J connectivity index is 1.36. The standard InChI is InChI=1S/C22H23BrN4OS/c1-13-10-19(14(2)26(13)18-5-3-4-16(23)11-18)20(28)12-29-22-25-24-21(15-6-7-15)27(22)17-8-9-17/h3-5,10-11,15,17H,6-9,12H2,1-2H3. The van der Waals surface area contributed by atoms with Crippen LogP contribution in [0.2, 0.25) is 0 Å². The lowest BCUT2D eigenvalue weighted by molar-refractivity contribution is 0.102. The molecule has 5 nitrogen and oxygen atoms in total. The molecule has 3 aromatic rings. The fraction of sp³-hybridized carbons (Fsp3) is 0.409. The normalized spacial score (nSPS) is 16.4. The lowest BCUT2D eigenvalue weighted by Gasteiger charge is -2.10.